The van der Waals surface area contributed by atoms with Crippen molar-refractivity contribution in [1.29, 1.82) is 0 Å². The summed E-state index contributed by atoms with van der Waals surface area (Å²) in [6, 6.07) is 6.12. The SMILES string of the molecule is OC1CCC(Nc2cccc(Cl)c2-n2cncn2)CC1. The van der Waals surface area contributed by atoms with E-state index in [-0.39, 0.29) is 6.10 Å². The lowest BCUT2D eigenvalue weighted by Gasteiger charge is -2.28. The van der Waals surface area contributed by atoms with Crippen molar-refractivity contribution in [3.05, 3.63) is 35.9 Å². The van der Waals surface area contributed by atoms with Crippen molar-refractivity contribution in [2.24, 2.45) is 0 Å². The molecule has 0 unspecified atom stereocenters. The summed E-state index contributed by atoms with van der Waals surface area (Å²) in [5, 5.41) is 17.9. The number of hydrogen-bond donors (Lipinski definition) is 2. The van der Waals surface area contributed by atoms with E-state index < -0.39 is 0 Å². The van der Waals surface area contributed by atoms with Crippen LogP contribution in [0.4, 0.5) is 5.69 Å². The highest BCUT2D eigenvalue weighted by atomic mass is 35.5. The number of para-hydroxylation sites is 1. The van der Waals surface area contributed by atoms with Crippen molar-refractivity contribution in [2.45, 2.75) is 37.8 Å². The summed E-state index contributed by atoms with van der Waals surface area (Å²) in [5.41, 5.74) is 1.77. The third-order valence-electron chi connectivity index (χ3n) is 3.69. The molecule has 1 fully saturated rings. The Morgan fingerprint density at radius 1 is 1.25 bits per heavy atom. The lowest BCUT2D eigenvalue weighted by atomic mass is 9.93. The van der Waals surface area contributed by atoms with Gasteiger partial charge in [0.05, 0.1) is 16.8 Å². The molecule has 5 nitrogen and oxygen atoms in total. The van der Waals surface area contributed by atoms with Crippen molar-refractivity contribution >= 4 is 17.3 Å². The minimum atomic E-state index is -0.151. The molecule has 1 aliphatic rings. The molecule has 0 bridgehead atoms. The van der Waals surface area contributed by atoms with E-state index in [2.05, 4.69) is 15.4 Å². The highest BCUT2D eigenvalue weighted by Crippen LogP contribution is 2.30. The molecule has 20 heavy (non-hydrogen) atoms. The van der Waals surface area contributed by atoms with Crippen LogP contribution in [-0.2, 0) is 0 Å². The zero-order valence-electron chi connectivity index (χ0n) is 11.0. The van der Waals surface area contributed by atoms with Gasteiger partial charge in [-0.25, -0.2) is 9.67 Å². The molecule has 0 atom stereocenters. The fourth-order valence-electron chi connectivity index (χ4n) is 2.63. The van der Waals surface area contributed by atoms with Gasteiger partial charge in [0.2, 0.25) is 0 Å². The molecule has 106 valence electrons. The Morgan fingerprint density at radius 3 is 2.75 bits per heavy atom. The van der Waals surface area contributed by atoms with Crippen LogP contribution in [-0.4, -0.2) is 32.0 Å². The van der Waals surface area contributed by atoms with E-state index in [0.29, 0.717) is 11.1 Å². The topological polar surface area (TPSA) is 63.0 Å². The molecular formula is C14H17ClN4O. The Balaban J connectivity index is 1.85. The van der Waals surface area contributed by atoms with E-state index >= 15 is 0 Å². The maximum Gasteiger partial charge on any atom is 0.138 e. The van der Waals surface area contributed by atoms with E-state index in [1.807, 2.05) is 18.2 Å². The second-order valence-corrected chi connectivity index (χ2v) is 5.53. The molecule has 0 saturated heterocycles. The molecule has 0 spiro atoms. The predicted octanol–water partition coefficient (Wildman–Crippen LogP) is 2.64. The third-order valence-corrected chi connectivity index (χ3v) is 4.00. The van der Waals surface area contributed by atoms with Crippen molar-refractivity contribution in [3.8, 4) is 5.69 Å². The summed E-state index contributed by atoms with van der Waals surface area (Å²) >= 11 is 6.29. The number of halogens is 1. The molecule has 1 heterocycles. The van der Waals surface area contributed by atoms with Crippen LogP contribution >= 0.6 is 11.6 Å². The molecular weight excluding hydrogens is 276 g/mol. The van der Waals surface area contributed by atoms with Gasteiger partial charge in [-0.1, -0.05) is 17.7 Å². The van der Waals surface area contributed by atoms with E-state index in [0.717, 1.165) is 37.1 Å². The first kappa shape index (κ1) is 13.4. The number of aliphatic hydroxyl groups excluding tert-OH is 1. The molecule has 6 heteroatoms. The van der Waals surface area contributed by atoms with Gasteiger partial charge >= 0.3 is 0 Å². The van der Waals surface area contributed by atoms with E-state index in [4.69, 9.17) is 11.6 Å². The van der Waals surface area contributed by atoms with Gasteiger partial charge in [0.25, 0.3) is 0 Å². The third kappa shape index (κ3) is 2.78. The molecule has 2 N–H and O–H groups in total. The van der Waals surface area contributed by atoms with E-state index in [1.165, 1.54) is 6.33 Å². The van der Waals surface area contributed by atoms with Crippen molar-refractivity contribution < 1.29 is 5.11 Å². The van der Waals surface area contributed by atoms with Crippen LogP contribution in [0.1, 0.15) is 25.7 Å². The standard InChI is InChI=1S/C14H17ClN4O/c15-12-2-1-3-13(14(12)19-9-16-8-17-19)18-10-4-6-11(20)7-5-10/h1-3,8-11,18,20H,4-7H2. The fourth-order valence-corrected chi connectivity index (χ4v) is 2.89. The molecule has 0 radical (unpaired) electrons. The van der Waals surface area contributed by atoms with Crippen LogP contribution in [0.15, 0.2) is 30.9 Å². The fraction of sp³-hybridized carbons (Fsp3) is 0.429. The summed E-state index contributed by atoms with van der Waals surface area (Å²) in [4.78, 5) is 3.97. The van der Waals surface area contributed by atoms with Crippen LogP contribution < -0.4 is 5.32 Å². The zero-order chi connectivity index (χ0) is 13.9. The van der Waals surface area contributed by atoms with Crippen LogP contribution in [0.25, 0.3) is 5.69 Å². The number of nitrogens with zero attached hydrogens (tertiary/aromatic N) is 3. The summed E-state index contributed by atoms with van der Waals surface area (Å²) in [5.74, 6) is 0. The number of nitrogens with one attached hydrogen (secondary N) is 1. The largest absolute Gasteiger partial charge is 0.393 e. The summed E-state index contributed by atoms with van der Waals surface area (Å²) in [6.07, 6.45) is 6.59. The second-order valence-electron chi connectivity index (χ2n) is 5.13. The summed E-state index contributed by atoms with van der Waals surface area (Å²) in [6.45, 7) is 0. The maximum absolute atomic E-state index is 9.57. The van der Waals surface area contributed by atoms with Crippen LogP contribution in [0.5, 0.6) is 0 Å². The minimum Gasteiger partial charge on any atom is -0.393 e. The smallest absolute Gasteiger partial charge is 0.138 e. The first-order valence-corrected chi connectivity index (χ1v) is 7.20. The average molecular weight is 293 g/mol. The Morgan fingerprint density at radius 2 is 2.05 bits per heavy atom. The number of benzene rings is 1. The first-order valence-electron chi connectivity index (χ1n) is 6.82. The van der Waals surface area contributed by atoms with Gasteiger partial charge in [-0.3, -0.25) is 0 Å². The summed E-state index contributed by atoms with van der Waals surface area (Å²) in [7, 11) is 0. The molecule has 0 amide bonds. The van der Waals surface area contributed by atoms with Crippen LogP contribution in [0.2, 0.25) is 5.02 Å². The molecule has 0 aliphatic heterocycles. The lowest BCUT2D eigenvalue weighted by Crippen LogP contribution is -2.28. The Kier molecular flexibility index (Phi) is 3.89. The first-order chi connectivity index (χ1) is 9.74. The van der Waals surface area contributed by atoms with Crippen molar-refractivity contribution in [2.75, 3.05) is 5.32 Å². The van der Waals surface area contributed by atoms with Gasteiger partial charge in [0.1, 0.15) is 18.3 Å². The van der Waals surface area contributed by atoms with Gasteiger partial charge < -0.3 is 10.4 Å². The number of aliphatic hydroxyl groups is 1. The normalized spacial score (nSPS) is 22.7. The maximum atomic E-state index is 9.57. The molecule has 1 aliphatic carbocycles. The number of anilines is 1. The van der Waals surface area contributed by atoms with Crippen LogP contribution in [0.3, 0.4) is 0 Å². The Bertz CT molecular complexity index is 565. The minimum absolute atomic E-state index is 0.151. The van der Waals surface area contributed by atoms with Gasteiger partial charge in [-0.15, -0.1) is 0 Å². The summed E-state index contributed by atoms with van der Waals surface area (Å²) < 4.78 is 1.67. The van der Waals surface area contributed by atoms with Crippen LogP contribution in [0, 0.1) is 0 Å². The van der Waals surface area contributed by atoms with E-state index in [9.17, 15) is 5.11 Å². The monoisotopic (exact) mass is 292 g/mol. The van der Waals surface area contributed by atoms with Crippen molar-refractivity contribution in [3.63, 3.8) is 0 Å². The highest BCUT2D eigenvalue weighted by Gasteiger charge is 2.20. The number of hydrogen-bond acceptors (Lipinski definition) is 4. The Hall–Kier alpha value is -1.59. The second kappa shape index (κ2) is 5.81. The molecule has 1 saturated carbocycles. The zero-order valence-corrected chi connectivity index (χ0v) is 11.8. The van der Waals surface area contributed by atoms with Gasteiger partial charge in [0.15, 0.2) is 0 Å². The van der Waals surface area contributed by atoms with E-state index in [1.54, 1.807) is 11.0 Å². The molecule has 1 aromatic heterocycles. The number of rotatable bonds is 3. The molecule has 2 aromatic rings. The highest BCUT2D eigenvalue weighted by molar-refractivity contribution is 6.33. The molecule has 3 rings (SSSR count). The lowest BCUT2D eigenvalue weighted by molar-refractivity contribution is 0.126. The average Bonchev–Trinajstić information content (AvgIpc) is 2.95. The number of aromatic nitrogens is 3. The van der Waals surface area contributed by atoms with Gasteiger partial charge in [-0.05, 0) is 37.8 Å². The Labute approximate surface area is 122 Å². The predicted molar refractivity (Wildman–Crippen MR) is 78.3 cm³/mol. The van der Waals surface area contributed by atoms with Gasteiger partial charge in [-0.2, -0.15) is 5.10 Å². The quantitative estimate of drug-likeness (QED) is 0.913. The molecule has 1 aromatic carbocycles. The van der Waals surface area contributed by atoms with Crippen molar-refractivity contribution in [1.82, 2.24) is 14.8 Å². The van der Waals surface area contributed by atoms with Gasteiger partial charge in [0, 0.05) is 6.04 Å².